The zero-order valence-electron chi connectivity index (χ0n) is 22.9. The summed E-state index contributed by atoms with van der Waals surface area (Å²) in [7, 11) is 0. The van der Waals surface area contributed by atoms with Gasteiger partial charge >= 0.3 is 5.97 Å². The topological polar surface area (TPSA) is 80.6 Å². The van der Waals surface area contributed by atoms with Crippen LogP contribution >= 0.6 is 0 Å². The van der Waals surface area contributed by atoms with Crippen LogP contribution in [0.3, 0.4) is 0 Å². The molecule has 0 saturated carbocycles. The zero-order chi connectivity index (χ0) is 28.2. The van der Waals surface area contributed by atoms with E-state index in [0.717, 1.165) is 28.1 Å². The Bertz CT molecular complexity index is 1440. The highest BCUT2D eigenvalue weighted by Gasteiger charge is 2.33. The van der Waals surface area contributed by atoms with E-state index >= 15 is 0 Å². The van der Waals surface area contributed by atoms with Crippen molar-refractivity contribution in [2.75, 3.05) is 5.32 Å². The molecule has 2 aromatic carbocycles. The van der Waals surface area contributed by atoms with Gasteiger partial charge in [-0.2, -0.15) is 0 Å². The van der Waals surface area contributed by atoms with Gasteiger partial charge in [0.2, 0.25) is 0 Å². The number of esters is 1. The van der Waals surface area contributed by atoms with Crippen molar-refractivity contribution in [3.8, 4) is 11.1 Å². The number of carbonyl (C=O) groups is 2. The van der Waals surface area contributed by atoms with Gasteiger partial charge in [0.25, 0.3) is 5.91 Å². The van der Waals surface area contributed by atoms with Crippen molar-refractivity contribution in [3.05, 3.63) is 95.6 Å². The fourth-order valence-corrected chi connectivity index (χ4v) is 5.75. The number of rotatable bonds is 8. The summed E-state index contributed by atoms with van der Waals surface area (Å²) in [5.74, 6) is -0.809. The average molecular weight is 543 g/mol. The minimum absolute atomic E-state index is 0.00919. The van der Waals surface area contributed by atoms with Crippen LogP contribution in [0.2, 0.25) is 0 Å². The molecule has 1 saturated heterocycles. The number of hydrogen-bond acceptors (Lipinski definition) is 4. The summed E-state index contributed by atoms with van der Waals surface area (Å²) in [4.78, 5) is 26.1. The van der Waals surface area contributed by atoms with Crippen LogP contribution in [-0.4, -0.2) is 33.8 Å². The number of ether oxygens (including phenoxy) is 1. The Hall–Kier alpha value is -3.97. The molecular weight excluding hydrogens is 507 g/mol. The number of aromatic nitrogens is 1. The average Bonchev–Trinajstić information content (AvgIpc) is 3.28. The molecule has 2 N–H and O–H groups in total. The van der Waals surface area contributed by atoms with Crippen LogP contribution in [-0.2, 0) is 16.1 Å². The first kappa shape index (κ1) is 27.6. The molecule has 2 heterocycles. The minimum Gasteiger partial charge on any atom is -0.462 e. The number of cyclic esters (lactones) is 1. The van der Waals surface area contributed by atoms with Crippen LogP contribution < -0.4 is 5.32 Å². The molecule has 0 radical (unpaired) electrons. The van der Waals surface area contributed by atoms with E-state index in [0.29, 0.717) is 43.5 Å². The molecule has 3 aromatic rings. The van der Waals surface area contributed by atoms with Crippen molar-refractivity contribution in [1.82, 2.24) is 4.57 Å². The fourth-order valence-electron chi connectivity index (χ4n) is 5.75. The molecule has 1 fully saturated rings. The molecule has 208 valence electrons. The van der Waals surface area contributed by atoms with Gasteiger partial charge in [-0.15, -0.1) is 0 Å². The first-order valence-corrected chi connectivity index (χ1v) is 13.9. The Morgan fingerprint density at radius 1 is 1.07 bits per heavy atom. The van der Waals surface area contributed by atoms with Gasteiger partial charge in [0.15, 0.2) is 0 Å². The molecule has 5 rings (SSSR count). The van der Waals surface area contributed by atoms with Crippen molar-refractivity contribution in [2.45, 2.75) is 70.6 Å². The van der Waals surface area contributed by atoms with Gasteiger partial charge in [0.05, 0.1) is 23.8 Å². The van der Waals surface area contributed by atoms with Gasteiger partial charge in [-0.05, 0) is 41.7 Å². The minimum atomic E-state index is -0.721. The van der Waals surface area contributed by atoms with Crippen molar-refractivity contribution < 1.29 is 23.8 Å². The normalized spacial score (nSPS) is 19.2. The SMILES string of the molecule is CC(C)c1c(C(=O)Nc2ccccc2)c(-c2ccccc2)c(C2=CC=C(F)CC2)n1CC[C@H]1C[C@H](O)CC(=O)O1. The summed E-state index contributed by atoms with van der Waals surface area (Å²) in [6.45, 7) is 4.58. The monoisotopic (exact) mass is 542 g/mol. The van der Waals surface area contributed by atoms with Crippen molar-refractivity contribution >= 4 is 23.1 Å². The second-order valence-corrected chi connectivity index (χ2v) is 10.8. The van der Waals surface area contributed by atoms with Gasteiger partial charge in [-0.25, -0.2) is 4.39 Å². The van der Waals surface area contributed by atoms with E-state index in [2.05, 4.69) is 23.7 Å². The van der Waals surface area contributed by atoms with Crippen molar-refractivity contribution in [3.63, 3.8) is 0 Å². The summed E-state index contributed by atoms with van der Waals surface area (Å²) in [6, 6.07) is 19.2. The Kier molecular flexibility index (Phi) is 8.31. The van der Waals surface area contributed by atoms with Gasteiger partial charge in [0, 0.05) is 42.8 Å². The van der Waals surface area contributed by atoms with E-state index in [1.54, 1.807) is 0 Å². The summed E-state index contributed by atoms with van der Waals surface area (Å²) in [6.07, 6.45) is 3.83. The Morgan fingerprint density at radius 3 is 2.40 bits per heavy atom. The number of hydrogen-bond donors (Lipinski definition) is 2. The Balaban J connectivity index is 1.69. The third kappa shape index (κ3) is 5.94. The maximum Gasteiger partial charge on any atom is 0.308 e. The van der Waals surface area contributed by atoms with Crippen LogP contribution in [0.1, 0.15) is 73.6 Å². The molecule has 1 aromatic heterocycles. The summed E-state index contributed by atoms with van der Waals surface area (Å²) in [5.41, 5.74) is 5.66. The molecule has 1 aliphatic heterocycles. The highest BCUT2D eigenvalue weighted by atomic mass is 19.1. The molecule has 7 heteroatoms. The number of aliphatic hydroxyl groups is 1. The number of allylic oxidation sites excluding steroid dienone is 4. The van der Waals surface area contributed by atoms with Gasteiger partial charge < -0.3 is 19.7 Å². The molecule has 0 unspecified atom stereocenters. The van der Waals surface area contributed by atoms with Crippen LogP contribution in [0.15, 0.2) is 78.6 Å². The third-order valence-electron chi connectivity index (χ3n) is 7.48. The summed E-state index contributed by atoms with van der Waals surface area (Å²) < 4.78 is 21.8. The van der Waals surface area contributed by atoms with E-state index in [9.17, 15) is 19.1 Å². The second-order valence-electron chi connectivity index (χ2n) is 10.8. The highest BCUT2D eigenvalue weighted by molar-refractivity contribution is 6.11. The number of anilines is 1. The lowest BCUT2D eigenvalue weighted by molar-refractivity contribution is -0.160. The summed E-state index contributed by atoms with van der Waals surface area (Å²) in [5, 5.41) is 13.3. The van der Waals surface area contributed by atoms with Gasteiger partial charge in [0.1, 0.15) is 11.9 Å². The Morgan fingerprint density at radius 2 is 1.77 bits per heavy atom. The fraction of sp³-hybridized carbons (Fsp3) is 0.333. The molecule has 1 aliphatic carbocycles. The predicted molar refractivity (Wildman–Crippen MR) is 154 cm³/mol. The molecule has 2 atom stereocenters. The maximum absolute atomic E-state index is 14.1. The van der Waals surface area contributed by atoms with E-state index < -0.39 is 18.2 Å². The zero-order valence-corrected chi connectivity index (χ0v) is 22.9. The van der Waals surface area contributed by atoms with Crippen LogP contribution in [0.5, 0.6) is 0 Å². The lowest BCUT2D eigenvalue weighted by Crippen LogP contribution is -2.33. The van der Waals surface area contributed by atoms with Gasteiger partial charge in [-0.3, -0.25) is 9.59 Å². The number of amides is 1. The molecule has 0 spiro atoms. The van der Waals surface area contributed by atoms with Crippen LogP contribution in [0, 0.1) is 0 Å². The Labute approximate surface area is 234 Å². The molecule has 6 nitrogen and oxygen atoms in total. The van der Waals surface area contributed by atoms with E-state index in [1.807, 2.05) is 66.7 Å². The number of para-hydroxylation sites is 1. The smallest absolute Gasteiger partial charge is 0.308 e. The lowest BCUT2D eigenvalue weighted by Gasteiger charge is -2.27. The second kappa shape index (κ2) is 12.0. The van der Waals surface area contributed by atoms with Crippen LogP contribution in [0.4, 0.5) is 10.1 Å². The number of nitrogens with one attached hydrogen (secondary N) is 1. The molecule has 1 amide bonds. The maximum atomic E-state index is 14.1. The first-order valence-electron chi connectivity index (χ1n) is 13.9. The molecular formula is C33H35FN2O4. The van der Waals surface area contributed by atoms with E-state index in [4.69, 9.17) is 4.74 Å². The molecule has 40 heavy (non-hydrogen) atoms. The predicted octanol–water partition coefficient (Wildman–Crippen LogP) is 7.02. The quantitative estimate of drug-likeness (QED) is 0.300. The summed E-state index contributed by atoms with van der Waals surface area (Å²) >= 11 is 0. The number of nitrogens with zero attached hydrogens (tertiary/aromatic N) is 1. The number of halogens is 1. The standard InChI is InChI=1S/C33H35FN2O4/c1-21(2)31-30(33(39)35-25-11-7-4-8-12-25)29(22-9-5-3-6-10-22)32(23-13-15-24(34)16-14-23)36(31)18-17-27-19-26(37)20-28(38)40-27/h3-13,15,21,26-27,37H,14,16-20H2,1-2H3,(H,35,39)/t26-,27-/m0/s1. The number of benzene rings is 2. The first-order chi connectivity index (χ1) is 19.3. The largest absolute Gasteiger partial charge is 0.462 e. The lowest BCUT2D eigenvalue weighted by atomic mass is 9.92. The van der Waals surface area contributed by atoms with Gasteiger partial charge in [-0.1, -0.05) is 68.5 Å². The highest BCUT2D eigenvalue weighted by Crippen LogP contribution is 2.43. The van der Waals surface area contributed by atoms with Crippen LogP contribution in [0.25, 0.3) is 16.7 Å². The third-order valence-corrected chi connectivity index (χ3v) is 7.48. The van der Waals surface area contributed by atoms with E-state index in [1.165, 1.54) is 6.08 Å². The van der Waals surface area contributed by atoms with E-state index in [-0.39, 0.29) is 24.1 Å². The molecule has 2 aliphatic rings. The number of aliphatic hydroxyl groups excluding tert-OH is 1. The van der Waals surface area contributed by atoms with Crippen molar-refractivity contribution in [2.24, 2.45) is 0 Å². The van der Waals surface area contributed by atoms with Crippen molar-refractivity contribution in [1.29, 1.82) is 0 Å². The number of carbonyl (C=O) groups excluding carboxylic acids is 2. The molecule has 0 bridgehead atoms.